The van der Waals surface area contributed by atoms with E-state index in [0.717, 1.165) is 62.4 Å². The Hall–Kier alpha value is -8.85. The van der Waals surface area contributed by atoms with Gasteiger partial charge in [-0.1, -0.05) is 35.0 Å². The highest BCUT2D eigenvalue weighted by Crippen LogP contribution is 2.43. The maximum atomic E-state index is 16.8. The van der Waals surface area contributed by atoms with Gasteiger partial charge in [0.15, 0.2) is 5.82 Å². The van der Waals surface area contributed by atoms with Crippen molar-refractivity contribution in [3.63, 3.8) is 0 Å². The van der Waals surface area contributed by atoms with Gasteiger partial charge >= 0.3 is 0 Å². The molecule has 502 valence electrons. The van der Waals surface area contributed by atoms with Crippen molar-refractivity contribution in [2.75, 3.05) is 130 Å². The number of amides is 3. The molecule has 3 aromatic heterocycles. The van der Waals surface area contributed by atoms with Crippen molar-refractivity contribution in [3.8, 4) is 33.8 Å². The molecule has 0 spiro atoms. The molecule has 2 N–H and O–H groups in total. The summed E-state index contributed by atoms with van der Waals surface area (Å²) in [5.74, 6) is -3.40. The number of aryl methyl sites for hydroxylation is 2. The zero-order chi connectivity index (χ0) is 67.5. The number of benzene rings is 5. The second-order valence-electron chi connectivity index (χ2n) is 23.5. The van der Waals surface area contributed by atoms with Crippen molar-refractivity contribution in [3.05, 3.63) is 177 Å². The Morgan fingerprint density at radius 1 is 0.800 bits per heavy atom. The number of nitrogens with zero attached hydrogens (tertiary/aromatic N) is 8. The Bertz CT molecular complexity index is 4230. The number of fused-ring (bicyclic) bond motifs is 1. The lowest BCUT2D eigenvalue weighted by Gasteiger charge is -2.36. The molecule has 0 saturated carbocycles. The van der Waals surface area contributed by atoms with Crippen LogP contribution in [0.25, 0.3) is 38.7 Å². The van der Waals surface area contributed by atoms with Crippen LogP contribution in [0.2, 0.25) is 5.02 Å². The number of H-pyrrole nitrogens is 1. The van der Waals surface area contributed by atoms with Gasteiger partial charge in [-0.25, -0.2) is 21.6 Å². The molecule has 1 atom stereocenters. The molecule has 10 rings (SSSR count). The summed E-state index contributed by atoms with van der Waals surface area (Å²) in [6.45, 7) is 8.79. The second kappa shape index (κ2) is 31.1. The number of ether oxygens (including phenoxy) is 5. The summed E-state index contributed by atoms with van der Waals surface area (Å²) in [5, 5.41) is 11.3. The van der Waals surface area contributed by atoms with Gasteiger partial charge in [-0.2, -0.15) is 0 Å². The SMILES string of the molecule is COc1cc(N2CCN(CCOCCOCCOCCOc3ccc(C(=O)c4c(-c5c(F)ccc(F)c5C)c(C(=O)N[C@@H](CS(C)(=O)=O)c5cccc(Cl)c5)cn4C)cc3)CC2)ccc1-c1cc(C2=CCCN(C(=O)CCn3ccnn3)C2)c(F)c2[nH]c(C(=O)N(C)C)cc12. The van der Waals surface area contributed by atoms with Crippen LogP contribution in [0.3, 0.4) is 0 Å². The fourth-order valence-corrected chi connectivity index (χ4v) is 12.9. The maximum Gasteiger partial charge on any atom is 0.269 e. The molecule has 1 fully saturated rings. The largest absolute Gasteiger partial charge is 0.496 e. The zero-order valence-corrected chi connectivity index (χ0v) is 55.3. The van der Waals surface area contributed by atoms with Gasteiger partial charge in [0.25, 0.3) is 11.8 Å². The molecule has 2 aliphatic heterocycles. The molecule has 3 amide bonds. The minimum atomic E-state index is -3.66. The quantitative estimate of drug-likeness (QED) is 0.0329. The van der Waals surface area contributed by atoms with Crippen LogP contribution in [0.15, 0.2) is 116 Å². The van der Waals surface area contributed by atoms with Crippen LogP contribution in [0.1, 0.15) is 72.5 Å². The summed E-state index contributed by atoms with van der Waals surface area (Å²) in [6, 6.07) is 22.8. The minimum absolute atomic E-state index is 0.0702. The van der Waals surface area contributed by atoms with Crippen LogP contribution in [0, 0.1) is 24.4 Å². The molecule has 95 heavy (non-hydrogen) atoms. The Kier molecular flexibility index (Phi) is 22.6. The van der Waals surface area contributed by atoms with Gasteiger partial charge in [0.2, 0.25) is 11.7 Å². The number of aromatic amines is 1. The Labute approximate surface area is 554 Å². The number of rotatable bonds is 29. The number of piperazine rings is 1. The minimum Gasteiger partial charge on any atom is -0.496 e. The van der Waals surface area contributed by atoms with Crippen molar-refractivity contribution < 1.29 is 64.5 Å². The molecule has 5 aromatic carbocycles. The van der Waals surface area contributed by atoms with E-state index in [0.29, 0.717) is 96.7 Å². The smallest absolute Gasteiger partial charge is 0.269 e. The monoisotopic (exact) mass is 1340 g/mol. The second-order valence-corrected chi connectivity index (χ2v) is 26.2. The number of methoxy groups -OCH3 is 1. The molecular weight excluding hydrogens is 1270 g/mol. The van der Waals surface area contributed by atoms with E-state index in [9.17, 15) is 27.6 Å². The number of nitrogens with one attached hydrogen (secondary N) is 2. The van der Waals surface area contributed by atoms with Gasteiger partial charge in [0.1, 0.15) is 45.3 Å². The highest BCUT2D eigenvalue weighted by Gasteiger charge is 2.33. The third-order valence-electron chi connectivity index (χ3n) is 16.8. The molecule has 0 unspecified atom stereocenters. The van der Waals surface area contributed by atoms with Crippen LogP contribution < -0.4 is 19.7 Å². The van der Waals surface area contributed by atoms with E-state index in [1.807, 2.05) is 24.3 Å². The van der Waals surface area contributed by atoms with Gasteiger partial charge in [0.05, 0.1) is 88.1 Å². The van der Waals surface area contributed by atoms with E-state index in [4.69, 9.17) is 35.3 Å². The normalized spacial score (nSPS) is 14.1. The first-order chi connectivity index (χ1) is 45.7. The van der Waals surface area contributed by atoms with Crippen molar-refractivity contribution in [1.82, 2.24) is 44.6 Å². The molecular formula is C69H76ClF3N10O11S. The number of ketones is 1. The third kappa shape index (κ3) is 16.8. The molecule has 2 aliphatic rings. The molecule has 26 heteroatoms. The number of carbonyl (C=O) groups excluding carboxylic acids is 4. The van der Waals surface area contributed by atoms with Gasteiger partial charge in [-0.05, 0) is 108 Å². The average molecular weight is 1350 g/mol. The lowest BCUT2D eigenvalue weighted by Crippen LogP contribution is -2.47. The lowest BCUT2D eigenvalue weighted by atomic mass is 9.92. The summed E-state index contributed by atoms with van der Waals surface area (Å²) < 4.78 is 105. The fraction of sp³-hybridized carbons (Fsp3) is 0.362. The summed E-state index contributed by atoms with van der Waals surface area (Å²) in [6.07, 6.45) is 8.37. The molecule has 5 heterocycles. The highest BCUT2D eigenvalue weighted by atomic mass is 35.5. The van der Waals surface area contributed by atoms with E-state index in [1.54, 1.807) is 85.6 Å². The third-order valence-corrected chi connectivity index (χ3v) is 17.9. The Morgan fingerprint density at radius 2 is 1.52 bits per heavy atom. The average Bonchev–Trinajstić information content (AvgIpc) is 1.67. The van der Waals surface area contributed by atoms with Crippen molar-refractivity contribution in [2.24, 2.45) is 7.05 Å². The van der Waals surface area contributed by atoms with E-state index in [-0.39, 0.29) is 82.7 Å². The van der Waals surface area contributed by atoms with E-state index >= 15 is 13.2 Å². The van der Waals surface area contributed by atoms with Crippen LogP contribution in [-0.2, 0) is 42.4 Å². The molecule has 8 aromatic rings. The lowest BCUT2D eigenvalue weighted by molar-refractivity contribution is -0.131. The molecule has 0 aliphatic carbocycles. The fourth-order valence-electron chi connectivity index (χ4n) is 11.8. The molecule has 1 saturated heterocycles. The first-order valence-corrected chi connectivity index (χ1v) is 33.5. The van der Waals surface area contributed by atoms with Crippen LogP contribution in [-0.4, -0.2) is 196 Å². The van der Waals surface area contributed by atoms with Gasteiger partial charge < -0.3 is 53.3 Å². The van der Waals surface area contributed by atoms with E-state index in [2.05, 4.69) is 30.4 Å². The maximum absolute atomic E-state index is 16.8. The predicted octanol–water partition coefficient (Wildman–Crippen LogP) is 9.22. The number of halogens is 4. The molecule has 0 bridgehead atoms. The van der Waals surface area contributed by atoms with Crippen molar-refractivity contribution in [1.29, 1.82) is 0 Å². The summed E-state index contributed by atoms with van der Waals surface area (Å²) in [5.41, 5.74) is 3.51. The summed E-state index contributed by atoms with van der Waals surface area (Å²) in [7, 11) is 2.73. The van der Waals surface area contributed by atoms with Gasteiger partial charge in [0, 0.05) is 142 Å². The van der Waals surface area contributed by atoms with Gasteiger partial charge in [-0.15, -0.1) is 5.10 Å². The van der Waals surface area contributed by atoms with E-state index in [1.165, 1.54) is 47.8 Å². The Morgan fingerprint density at radius 3 is 2.20 bits per heavy atom. The number of hydrogen-bond donors (Lipinski definition) is 2. The van der Waals surface area contributed by atoms with Gasteiger partial charge in [-0.3, -0.25) is 28.8 Å². The summed E-state index contributed by atoms with van der Waals surface area (Å²) >= 11 is 6.22. The predicted molar refractivity (Wildman–Crippen MR) is 355 cm³/mol. The number of anilines is 1. The van der Waals surface area contributed by atoms with Crippen molar-refractivity contribution in [2.45, 2.75) is 32.4 Å². The first kappa shape index (κ1) is 69.0. The number of aromatic nitrogens is 5. The number of sulfone groups is 1. The number of carbonyl (C=O) groups is 4. The standard InChI is InChI=1S/C69H76ClF3N10O11S/c1-44-56(71)18-19-57(72)62(44)63-55(68(86)76-59(43-95(6,88)89)46-9-7-11-48(70)37-46)42-79(4)66(63)67(85)45-12-15-50(16-13-45)94-36-35-93-34-33-92-32-31-91-30-29-80-25-27-81(28-26-80)49-14-17-51(60(38-49)90-5)53-39-52(64(73)65-54(53)40-58(75-65)69(87)78(2)3)47-10-8-22-82(41-47)61(84)20-23-83-24-21-74-77-83/h7,9-19,21,24,37-40,42,59,75H,8,20,22-23,25-36,41,43H2,1-6H3,(H,76,86)/t59-/m0/s1. The topological polar surface area (TPSA) is 225 Å². The van der Waals surface area contributed by atoms with Crippen molar-refractivity contribution >= 4 is 67.1 Å². The number of hydrogen-bond acceptors (Lipinski definition) is 15. The van der Waals surface area contributed by atoms with Crippen LogP contribution in [0.4, 0.5) is 18.9 Å². The summed E-state index contributed by atoms with van der Waals surface area (Å²) in [4.78, 5) is 66.1. The molecule has 21 nitrogen and oxygen atoms in total. The van der Waals surface area contributed by atoms with Crippen LogP contribution >= 0.6 is 11.6 Å². The first-order valence-electron chi connectivity index (χ1n) is 31.1. The van der Waals surface area contributed by atoms with E-state index < -0.39 is 50.8 Å². The Balaban J connectivity index is 0.658. The zero-order valence-electron chi connectivity index (χ0n) is 53.8. The highest BCUT2D eigenvalue weighted by molar-refractivity contribution is 7.90. The van der Waals surface area contributed by atoms with Crippen LogP contribution in [0.5, 0.6) is 11.5 Å². The molecule has 0 radical (unpaired) electrons.